The number of hydrogen-bond acceptors (Lipinski definition) is 5. The molecular formula is C22H23N3O4. The standard InChI is InChI=1S/C22H23N3O4/c1-4-21-25-18-13-16(8-11-19(18)29-21)24-22(27)14(2)23-20(26)12-7-15-5-9-17(28-3)10-6-15/h5-14H,4H2,1-3H3,(H,23,26)(H,24,27)/b12-7+. The highest BCUT2D eigenvalue weighted by Gasteiger charge is 2.15. The number of carbonyl (C=O) groups is 2. The van der Waals surface area contributed by atoms with E-state index in [1.165, 1.54) is 6.08 Å². The third-order valence-electron chi connectivity index (χ3n) is 4.30. The van der Waals surface area contributed by atoms with Gasteiger partial charge in [0.2, 0.25) is 11.8 Å². The molecule has 0 aliphatic carbocycles. The lowest BCUT2D eigenvalue weighted by Gasteiger charge is -2.13. The lowest BCUT2D eigenvalue weighted by molar-refractivity contribution is -0.123. The number of nitrogens with zero attached hydrogens (tertiary/aromatic N) is 1. The van der Waals surface area contributed by atoms with Gasteiger partial charge in [-0.05, 0) is 48.9 Å². The first kappa shape index (κ1) is 20.1. The van der Waals surface area contributed by atoms with Crippen LogP contribution in [-0.2, 0) is 16.0 Å². The first-order chi connectivity index (χ1) is 14.0. The average molecular weight is 393 g/mol. The lowest BCUT2D eigenvalue weighted by Crippen LogP contribution is -2.40. The van der Waals surface area contributed by atoms with Crippen LogP contribution in [0.1, 0.15) is 25.3 Å². The largest absolute Gasteiger partial charge is 0.497 e. The zero-order chi connectivity index (χ0) is 20.8. The maximum Gasteiger partial charge on any atom is 0.246 e. The minimum absolute atomic E-state index is 0.324. The SMILES string of the molecule is CCc1nc2cc(NC(=O)C(C)NC(=O)/C=C/c3ccc(OC)cc3)ccc2o1. The average Bonchev–Trinajstić information content (AvgIpc) is 3.15. The summed E-state index contributed by atoms with van der Waals surface area (Å²) in [5, 5.41) is 5.43. The van der Waals surface area contributed by atoms with E-state index in [-0.39, 0.29) is 11.8 Å². The van der Waals surface area contributed by atoms with Crippen LogP contribution >= 0.6 is 0 Å². The van der Waals surface area contributed by atoms with Crippen LogP contribution in [-0.4, -0.2) is 29.9 Å². The topological polar surface area (TPSA) is 93.5 Å². The number of nitrogens with one attached hydrogen (secondary N) is 2. The number of carbonyl (C=O) groups excluding carboxylic acids is 2. The Kier molecular flexibility index (Phi) is 6.29. The molecule has 0 fully saturated rings. The number of hydrogen-bond donors (Lipinski definition) is 2. The molecule has 7 nitrogen and oxygen atoms in total. The van der Waals surface area contributed by atoms with E-state index in [0.717, 1.165) is 11.3 Å². The summed E-state index contributed by atoms with van der Waals surface area (Å²) in [5.41, 5.74) is 2.79. The van der Waals surface area contributed by atoms with E-state index in [2.05, 4.69) is 15.6 Å². The van der Waals surface area contributed by atoms with Gasteiger partial charge in [0, 0.05) is 18.2 Å². The van der Waals surface area contributed by atoms with Gasteiger partial charge in [-0.2, -0.15) is 0 Å². The number of anilines is 1. The lowest BCUT2D eigenvalue weighted by atomic mass is 10.2. The smallest absolute Gasteiger partial charge is 0.246 e. The van der Waals surface area contributed by atoms with Crippen molar-refractivity contribution in [3.8, 4) is 5.75 Å². The van der Waals surface area contributed by atoms with Gasteiger partial charge in [-0.25, -0.2) is 4.98 Å². The van der Waals surface area contributed by atoms with Crippen LogP contribution in [0.15, 0.2) is 53.0 Å². The van der Waals surface area contributed by atoms with Crippen molar-refractivity contribution in [3.63, 3.8) is 0 Å². The van der Waals surface area contributed by atoms with Gasteiger partial charge in [0.05, 0.1) is 7.11 Å². The molecule has 1 atom stereocenters. The molecule has 3 rings (SSSR count). The number of benzene rings is 2. The molecular weight excluding hydrogens is 370 g/mol. The van der Waals surface area contributed by atoms with Crippen LogP contribution in [0, 0.1) is 0 Å². The van der Waals surface area contributed by atoms with E-state index >= 15 is 0 Å². The molecule has 3 aromatic rings. The number of aryl methyl sites for hydroxylation is 1. The number of ether oxygens (including phenoxy) is 1. The molecule has 0 aliphatic heterocycles. The Morgan fingerprint density at radius 1 is 1.21 bits per heavy atom. The second kappa shape index (κ2) is 9.05. The molecule has 0 spiro atoms. The normalized spacial score (nSPS) is 12.1. The van der Waals surface area contributed by atoms with Crippen LogP contribution in [0.2, 0.25) is 0 Å². The molecule has 150 valence electrons. The minimum Gasteiger partial charge on any atom is -0.497 e. The Balaban J connectivity index is 1.56. The van der Waals surface area contributed by atoms with Crippen molar-refractivity contribution in [2.45, 2.75) is 26.3 Å². The van der Waals surface area contributed by atoms with Crippen LogP contribution in [0.5, 0.6) is 5.75 Å². The van der Waals surface area contributed by atoms with Gasteiger partial charge in [0.25, 0.3) is 0 Å². The Morgan fingerprint density at radius 3 is 2.66 bits per heavy atom. The van der Waals surface area contributed by atoms with Gasteiger partial charge in [-0.15, -0.1) is 0 Å². The summed E-state index contributed by atoms with van der Waals surface area (Å²) in [4.78, 5) is 28.8. The molecule has 7 heteroatoms. The predicted molar refractivity (Wildman–Crippen MR) is 112 cm³/mol. The van der Waals surface area contributed by atoms with Gasteiger partial charge in [-0.3, -0.25) is 9.59 Å². The molecule has 2 amide bonds. The van der Waals surface area contributed by atoms with E-state index in [1.54, 1.807) is 38.3 Å². The van der Waals surface area contributed by atoms with Gasteiger partial charge in [-0.1, -0.05) is 19.1 Å². The molecule has 29 heavy (non-hydrogen) atoms. The van der Waals surface area contributed by atoms with Crippen LogP contribution in [0.25, 0.3) is 17.2 Å². The number of methoxy groups -OCH3 is 1. The molecule has 0 saturated heterocycles. The number of amides is 2. The summed E-state index contributed by atoms with van der Waals surface area (Å²) >= 11 is 0. The summed E-state index contributed by atoms with van der Waals surface area (Å²) in [5.74, 6) is 0.706. The molecule has 1 heterocycles. The van der Waals surface area contributed by atoms with E-state index in [0.29, 0.717) is 29.1 Å². The van der Waals surface area contributed by atoms with Crippen LogP contribution < -0.4 is 15.4 Å². The number of rotatable bonds is 7. The molecule has 0 bridgehead atoms. The fourth-order valence-electron chi connectivity index (χ4n) is 2.67. The summed E-state index contributed by atoms with van der Waals surface area (Å²) in [6.45, 7) is 3.58. The third-order valence-corrected chi connectivity index (χ3v) is 4.30. The van der Waals surface area contributed by atoms with Gasteiger partial charge >= 0.3 is 0 Å². The Bertz CT molecular complexity index is 1040. The van der Waals surface area contributed by atoms with Gasteiger partial charge in [0.1, 0.15) is 17.3 Å². The van der Waals surface area contributed by atoms with Crippen molar-refractivity contribution < 1.29 is 18.7 Å². The third kappa shape index (κ3) is 5.22. The second-order valence-corrected chi connectivity index (χ2v) is 6.47. The molecule has 1 aromatic heterocycles. The summed E-state index contributed by atoms with van der Waals surface area (Å²) < 4.78 is 10.7. The maximum atomic E-state index is 12.4. The van der Waals surface area contributed by atoms with E-state index in [4.69, 9.17) is 9.15 Å². The van der Waals surface area contributed by atoms with Crippen molar-refractivity contribution in [2.75, 3.05) is 12.4 Å². The fourth-order valence-corrected chi connectivity index (χ4v) is 2.67. The first-order valence-electron chi connectivity index (χ1n) is 9.31. The molecule has 2 N–H and O–H groups in total. The highest BCUT2D eigenvalue weighted by Crippen LogP contribution is 2.20. The zero-order valence-corrected chi connectivity index (χ0v) is 16.6. The minimum atomic E-state index is -0.706. The maximum absolute atomic E-state index is 12.4. The van der Waals surface area contributed by atoms with Crippen molar-refractivity contribution >= 4 is 34.7 Å². The van der Waals surface area contributed by atoms with E-state index in [1.807, 2.05) is 31.2 Å². The second-order valence-electron chi connectivity index (χ2n) is 6.47. The molecule has 0 saturated carbocycles. The Morgan fingerprint density at radius 2 is 1.97 bits per heavy atom. The highest BCUT2D eigenvalue weighted by molar-refractivity contribution is 6.00. The number of aromatic nitrogens is 1. The van der Waals surface area contributed by atoms with Crippen LogP contribution in [0.3, 0.4) is 0 Å². The van der Waals surface area contributed by atoms with Gasteiger partial charge < -0.3 is 19.8 Å². The monoisotopic (exact) mass is 393 g/mol. The molecule has 0 aliphatic rings. The summed E-state index contributed by atoms with van der Waals surface area (Å²) in [7, 11) is 1.59. The van der Waals surface area contributed by atoms with Crippen molar-refractivity contribution in [2.24, 2.45) is 0 Å². The molecule has 0 radical (unpaired) electrons. The van der Waals surface area contributed by atoms with E-state index < -0.39 is 6.04 Å². The van der Waals surface area contributed by atoms with Crippen molar-refractivity contribution in [1.29, 1.82) is 0 Å². The van der Waals surface area contributed by atoms with Crippen molar-refractivity contribution in [3.05, 3.63) is 60.0 Å². The summed E-state index contributed by atoms with van der Waals surface area (Å²) in [6.07, 6.45) is 3.76. The molecule has 2 aromatic carbocycles. The molecule has 1 unspecified atom stereocenters. The quantitative estimate of drug-likeness (QED) is 0.599. The number of oxazole rings is 1. The van der Waals surface area contributed by atoms with E-state index in [9.17, 15) is 9.59 Å². The Labute approximate surface area is 168 Å². The predicted octanol–water partition coefficient (Wildman–Crippen LogP) is 3.56. The first-order valence-corrected chi connectivity index (χ1v) is 9.31. The van der Waals surface area contributed by atoms with Crippen molar-refractivity contribution in [1.82, 2.24) is 10.3 Å². The number of fused-ring (bicyclic) bond motifs is 1. The zero-order valence-electron chi connectivity index (χ0n) is 16.6. The summed E-state index contributed by atoms with van der Waals surface area (Å²) in [6, 6.07) is 11.8. The van der Waals surface area contributed by atoms with Gasteiger partial charge in [0.15, 0.2) is 11.5 Å². The fraction of sp³-hybridized carbons (Fsp3) is 0.227. The highest BCUT2D eigenvalue weighted by atomic mass is 16.5. The van der Waals surface area contributed by atoms with Crippen LogP contribution in [0.4, 0.5) is 5.69 Å². The Hall–Kier alpha value is -3.61.